The van der Waals surface area contributed by atoms with Gasteiger partial charge in [-0.1, -0.05) is 0 Å². The molecule has 54 valence electrons. The van der Waals surface area contributed by atoms with Crippen LogP contribution in [0.1, 0.15) is 6.92 Å². The fraction of sp³-hybridized carbons (Fsp3) is 1.00. The zero-order valence-corrected chi connectivity index (χ0v) is 6.06. The van der Waals surface area contributed by atoms with Gasteiger partial charge in [-0.3, -0.25) is 0 Å². The lowest BCUT2D eigenvalue weighted by Gasteiger charge is -2.27. The highest BCUT2D eigenvalue weighted by Gasteiger charge is 2.36. The predicted molar refractivity (Wildman–Crippen MR) is 33.8 cm³/mol. The van der Waals surface area contributed by atoms with E-state index in [9.17, 15) is 8.42 Å². The molecular formula is C5H10O3S. The minimum atomic E-state index is -2.74. The van der Waals surface area contributed by atoms with Gasteiger partial charge in [-0.25, -0.2) is 8.42 Å². The van der Waals surface area contributed by atoms with Gasteiger partial charge in [0.15, 0.2) is 9.84 Å². The number of aliphatic hydroxyl groups excluding tert-OH is 1. The second-order valence-electron chi connectivity index (χ2n) is 2.58. The van der Waals surface area contributed by atoms with Gasteiger partial charge in [0.1, 0.15) is 0 Å². The van der Waals surface area contributed by atoms with Gasteiger partial charge >= 0.3 is 0 Å². The van der Waals surface area contributed by atoms with Crippen molar-refractivity contribution in [2.24, 2.45) is 5.92 Å². The van der Waals surface area contributed by atoms with Crippen molar-refractivity contribution in [2.45, 2.75) is 13.0 Å². The molecule has 0 aromatic heterocycles. The molecule has 1 N–H and O–H groups in total. The summed E-state index contributed by atoms with van der Waals surface area (Å²) in [6.45, 7) is 1.62. The van der Waals surface area contributed by atoms with Gasteiger partial charge in [0, 0.05) is 5.92 Å². The smallest absolute Gasteiger partial charge is 0.151 e. The first-order valence-electron chi connectivity index (χ1n) is 2.90. The molecule has 0 aliphatic carbocycles. The monoisotopic (exact) mass is 150 g/mol. The number of aliphatic hydroxyl groups is 1. The fourth-order valence-electron chi connectivity index (χ4n) is 0.882. The molecular weight excluding hydrogens is 140 g/mol. The molecule has 1 atom stereocenters. The van der Waals surface area contributed by atoms with Gasteiger partial charge in [0.2, 0.25) is 0 Å². The van der Waals surface area contributed by atoms with Crippen LogP contribution >= 0.6 is 0 Å². The molecule has 0 bridgehead atoms. The highest BCUT2D eigenvalue weighted by Crippen LogP contribution is 2.20. The molecule has 1 aliphatic heterocycles. The maximum Gasteiger partial charge on any atom is 0.151 e. The Hall–Kier alpha value is -0.0900. The third-order valence-corrected chi connectivity index (χ3v) is 3.49. The normalized spacial score (nSPS) is 29.1. The molecule has 1 fully saturated rings. The lowest BCUT2D eigenvalue weighted by atomic mass is 10.1. The van der Waals surface area contributed by atoms with Crippen LogP contribution in [0.4, 0.5) is 0 Å². The number of sulfone groups is 1. The van der Waals surface area contributed by atoms with E-state index in [2.05, 4.69) is 0 Å². The summed E-state index contributed by atoms with van der Waals surface area (Å²) < 4.78 is 21.0. The van der Waals surface area contributed by atoms with Crippen molar-refractivity contribution in [3.63, 3.8) is 0 Å². The van der Waals surface area contributed by atoms with Crippen molar-refractivity contribution in [2.75, 3.05) is 11.5 Å². The Morgan fingerprint density at radius 2 is 2.00 bits per heavy atom. The molecule has 1 heterocycles. The molecule has 0 aromatic carbocycles. The average molecular weight is 150 g/mol. The summed E-state index contributed by atoms with van der Waals surface area (Å²) in [5.74, 6) is 0.338. The van der Waals surface area contributed by atoms with Crippen LogP contribution in [0.25, 0.3) is 0 Å². The van der Waals surface area contributed by atoms with E-state index in [1.165, 1.54) is 0 Å². The van der Waals surface area contributed by atoms with Crippen LogP contribution in [0.5, 0.6) is 0 Å². The zero-order chi connectivity index (χ0) is 7.07. The number of hydrogen-bond donors (Lipinski definition) is 1. The molecule has 1 unspecified atom stereocenters. The first-order valence-corrected chi connectivity index (χ1v) is 4.72. The lowest BCUT2D eigenvalue weighted by Crippen LogP contribution is -2.42. The van der Waals surface area contributed by atoms with Gasteiger partial charge < -0.3 is 5.11 Å². The van der Waals surface area contributed by atoms with Crippen molar-refractivity contribution in [1.82, 2.24) is 0 Å². The Bertz CT molecular complexity index is 180. The maximum atomic E-state index is 10.5. The molecule has 0 radical (unpaired) electrons. The van der Waals surface area contributed by atoms with E-state index >= 15 is 0 Å². The van der Waals surface area contributed by atoms with E-state index in [-0.39, 0.29) is 17.4 Å². The lowest BCUT2D eigenvalue weighted by molar-refractivity contribution is 0.140. The molecule has 3 nitrogen and oxygen atoms in total. The summed E-state index contributed by atoms with van der Waals surface area (Å²) in [5.41, 5.74) is 0. The van der Waals surface area contributed by atoms with E-state index in [0.29, 0.717) is 0 Å². The molecule has 0 aromatic rings. The van der Waals surface area contributed by atoms with Crippen LogP contribution in [0, 0.1) is 5.92 Å². The standard InChI is InChI=1S/C5H10O3S/c1-4(6)5-2-9(7,8)3-5/h4-6H,2-3H2,1H3. The van der Waals surface area contributed by atoms with E-state index in [1.54, 1.807) is 6.92 Å². The molecule has 1 saturated heterocycles. The molecule has 9 heavy (non-hydrogen) atoms. The average Bonchev–Trinajstić information content (AvgIpc) is 1.59. The SMILES string of the molecule is CC(O)C1CS(=O)(=O)C1. The second kappa shape index (κ2) is 1.95. The Balaban J connectivity index is 2.45. The minimum absolute atomic E-state index is 0.00463. The van der Waals surface area contributed by atoms with Crippen molar-refractivity contribution in [1.29, 1.82) is 0 Å². The number of rotatable bonds is 1. The summed E-state index contributed by atoms with van der Waals surface area (Å²) in [4.78, 5) is 0. The summed E-state index contributed by atoms with van der Waals surface area (Å²) in [6, 6.07) is 0. The van der Waals surface area contributed by atoms with Crippen molar-refractivity contribution in [3.8, 4) is 0 Å². The van der Waals surface area contributed by atoms with Gasteiger partial charge in [-0.15, -0.1) is 0 Å². The molecule has 1 rings (SSSR count). The van der Waals surface area contributed by atoms with Crippen molar-refractivity contribution >= 4 is 9.84 Å². The van der Waals surface area contributed by atoms with Gasteiger partial charge in [-0.05, 0) is 6.92 Å². The maximum absolute atomic E-state index is 10.5. The Kier molecular flexibility index (Phi) is 1.52. The van der Waals surface area contributed by atoms with Crippen LogP contribution in [-0.4, -0.2) is 31.1 Å². The van der Waals surface area contributed by atoms with Crippen LogP contribution in [-0.2, 0) is 9.84 Å². The summed E-state index contributed by atoms with van der Waals surface area (Å²) in [6.07, 6.45) is -0.464. The molecule has 1 aliphatic rings. The van der Waals surface area contributed by atoms with Gasteiger partial charge in [0.05, 0.1) is 17.6 Å². The number of hydrogen-bond acceptors (Lipinski definition) is 3. The van der Waals surface area contributed by atoms with E-state index in [1.807, 2.05) is 0 Å². The second-order valence-corrected chi connectivity index (χ2v) is 4.73. The van der Waals surface area contributed by atoms with Crippen LogP contribution in [0.3, 0.4) is 0 Å². The van der Waals surface area contributed by atoms with Crippen molar-refractivity contribution < 1.29 is 13.5 Å². The van der Waals surface area contributed by atoms with E-state index in [4.69, 9.17) is 5.11 Å². The van der Waals surface area contributed by atoms with Crippen molar-refractivity contribution in [3.05, 3.63) is 0 Å². The van der Waals surface area contributed by atoms with Crippen LogP contribution < -0.4 is 0 Å². The minimum Gasteiger partial charge on any atom is -0.393 e. The zero-order valence-electron chi connectivity index (χ0n) is 5.24. The Labute approximate surface area is 54.6 Å². The summed E-state index contributed by atoms with van der Waals surface area (Å²) in [7, 11) is -2.74. The third-order valence-electron chi connectivity index (χ3n) is 1.62. The van der Waals surface area contributed by atoms with E-state index in [0.717, 1.165) is 0 Å². The fourth-order valence-corrected chi connectivity index (χ4v) is 2.65. The molecule has 0 amide bonds. The first-order chi connectivity index (χ1) is 4.01. The quantitative estimate of drug-likeness (QED) is 0.543. The van der Waals surface area contributed by atoms with Gasteiger partial charge in [-0.2, -0.15) is 0 Å². The molecule has 4 heteroatoms. The largest absolute Gasteiger partial charge is 0.393 e. The molecule has 0 spiro atoms. The highest BCUT2D eigenvalue weighted by molar-refractivity contribution is 7.92. The van der Waals surface area contributed by atoms with Gasteiger partial charge in [0.25, 0.3) is 0 Å². The predicted octanol–water partition coefficient (Wildman–Crippen LogP) is -0.588. The molecule has 0 saturated carbocycles. The van der Waals surface area contributed by atoms with E-state index < -0.39 is 15.9 Å². The Morgan fingerprint density at radius 1 is 1.56 bits per heavy atom. The summed E-state index contributed by atoms with van der Waals surface area (Å²) in [5, 5.41) is 8.84. The highest BCUT2D eigenvalue weighted by atomic mass is 32.2. The van der Waals surface area contributed by atoms with Crippen LogP contribution in [0.2, 0.25) is 0 Å². The van der Waals surface area contributed by atoms with Crippen LogP contribution in [0.15, 0.2) is 0 Å². The Morgan fingerprint density at radius 3 is 2.11 bits per heavy atom. The first kappa shape index (κ1) is 7.02. The topological polar surface area (TPSA) is 54.4 Å². The summed E-state index contributed by atoms with van der Waals surface area (Å²) >= 11 is 0. The third kappa shape index (κ3) is 1.43.